The Bertz CT molecular complexity index is 614. The Morgan fingerprint density at radius 2 is 1.03 bits per heavy atom. The Labute approximate surface area is 221 Å². The van der Waals surface area contributed by atoms with E-state index < -0.39 is 0 Å². The molecule has 3 N–H and O–H groups in total. The first-order chi connectivity index (χ1) is 17.1. The average Bonchev–Trinajstić information content (AvgIpc) is 3.73. The number of ketones is 1. The first-order valence-corrected chi connectivity index (χ1v) is 15.9. The number of carbonyl (C=O) groups is 4. The number of nitrogens with one attached hydrogen (secondary N) is 3. The van der Waals surface area contributed by atoms with E-state index in [1.165, 1.54) is 0 Å². The zero-order chi connectivity index (χ0) is 25.1. The lowest BCUT2D eigenvalue weighted by Gasteiger charge is -2.09. The fourth-order valence-corrected chi connectivity index (χ4v) is 4.89. The minimum atomic E-state index is -0.378. The average molecular weight is 572 g/mol. The molecular weight excluding hydrogens is 539 g/mol. The van der Waals surface area contributed by atoms with Gasteiger partial charge in [0.2, 0.25) is 17.7 Å². The van der Waals surface area contributed by atoms with Crippen molar-refractivity contribution in [3.05, 3.63) is 0 Å². The Balaban J connectivity index is 1.25. The summed E-state index contributed by atoms with van der Waals surface area (Å²) in [4.78, 5) is 46.4. The number of amides is 3. The van der Waals surface area contributed by atoms with Crippen LogP contribution in [0, 0.1) is 0 Å². The summed E-state index contributed by atoms with van der Waals surface area (Å²) in [6, 6.07) is 0. The first kappa shape index (κ1) is 30.5. The lowest BCUT2D eigenvalue weighted by molar-refractivity contribution is -0.129. The summed E-state index contributed by atoms with van der Waals surface area (Å²) < 4.78 is 21.6. The van der Waals surface area contributed by atoms with Crippen LogP contribution in [0.3, 0.4) is 0 Å². The maximum atomic E-state index is 11.8. The van der Waals surface area contributed by atoms with E-state index in [1.807, 2.05) is 0 Å². The molecule has 11 nitrogen and oxygen atoms in total. The smallest absolute Gasteiger partial charge is 0.245 e. The molecule has 2 rings (SSSR count). The second-order valence-corrected chi connectivity index (χ2v) is 12.8. The fourth-order valence-electron chi connectivity index (χ4n) is 2.49. The van der Waals surface area contributed by atoms with Crippen molar-refractivity contribution in [1.82, 2.24) is 16.0 Å². The van der Waals surface area contributed by atoms with Crippen LogP contribution in [-0.4, -0.2) is 105 Å². The van der Waals surface area contributed by atoms with Crippen molar-refractivity contribution in [2.75, 3.05) is 72.5 Å². The highest BCUT2D eigenvalue weighted by Gasteiger charge is 2.32. The molecule has 2 aliphatic rings. The molecule has 0 radical (unpaired) electrons. The second-order valence-electron chi connectivity index (χ2n) is 7.24. The van der Waals surface area contributed by atoms with Crippen molar-refractivity contribution in [3.8, 4) is 0 Å². The van der Waals surface area contributed by atoms with Gasteiger partial charge >= 0.3 is 0 Å². The van der Waals surface area contributed by atoms with Gasteiger partial charge in [0.05, 0.1) is 46.2 Å². The fraction of sp³-hybridized carbons (Fsp3) is 0.800. The van der Waals surface area contributed by atoms with Gasteiger partial charge < -0.3 is 34.9 Å². The molecule has 2 saturated heterocycles. The summed E-state index contributed by atoms with van der Waals surface area (Å²) in [5, 5.41) is 8.01. The Hall–Kier alpha value is -0.680. The summed E-state index contributed by atoms with van der Waals surface area (Å²) in [6.07, 6.45) is 1.01. The van der Waals surface area contributed by atoms with E-state index in [2.05, 4.69) is 16.0 Å². The number of hydrogen-bond acceptors (Lipinski definition) is 12. The lowest BCUT2D eigenvalue weighted by Crippen LogP contribution is -2.35. The quantitative estimate of drug-likeness (QED) is 0.0684. The number of ether oxygens (including phenoxy) is 4. The minimum Gasteiger partial charge on any atom is -0.379 e. The largest absolute Gasteiger partial charge is 0.379 e. The van der Waals surface area contributed by atoms with Gasteiger partial charge in [0, 0.05) is 32.7 Å². The zero-order valence-corrected chi connectivity index (χ0v) is 22.7. The number of rotatable bonds is 23. The predicted molar refractivity (Wildman–Crippen MR) is 139 cm³/mol. The summed E-state index contributed by atoms with van der Waals surface area (Å²) in [5.41, 5.74) is 0. The monoisotopic (exact) mass is 571 g/mol. The van der Waals surface area contributed by atoms with Crippen molar-refractivity contribution < 1.29 is 38.1 Å². The van der Waals surface area contributed by atoms with Crippen molar-refractivity contribution in [1.29, 1.82) is 0 Å². The highest BCUT2D eigenvalue weighted by Crippen LogP contribution is 2.54. The zero-order valence-electron chi connectivity index (χ0n) is 19.5. The Morgan fingerprint density at radius 3 is 1.51 bits per heavy atom. The second kappa shape index (κ2) is 19.4. The van der Waals surface area contributed by atoms with Crippen LogP contribution in [0.15, 0.2) is 0 Å². The van der Waals surface area contributed by atoms with Crippen LogP contribution in [-0.2, 0) is 38.1 Å². The van der Waals surface area contributed by atoms with E-state index in [0.29, 0.717) is 78.9 Å². The van der Waals surface area contributed by atoms with Gasteiger partial charge in [-0.1, -0.05) is 43.2 Å². The normalized spacial score (nSPS) is 15.0. The molecule has 35 heavy (non-hydrogen) atoms. The molecule has 2 aliphatic heterocycles. The van der Waals surface area contributed by atoms with Crippen molar-refractivity contribution >= 4 is 66.7 Å². The molecule has 15 heteroatoms. The van der Waals surface area contributed by atoms with Gasteiger partial charge in [0.25, 0.3) is 0 Å². The first-order valence-electron chi connectivity index (χ1n) is 11.4. The standard InChI is InChI=1S/C20H33N3O8S4/c24-15(19-32-33-19)2-1-6-28-10-11-29-7-3-21-16(25)14-17(26)22-4-8-30-12-13-31-9-5-23-18(27)20-34-35-20/h19-20H,1-14H2,(H,21,25)(H,22,26)(H,23,27). The molecule has 3 amide bonds. The third kappa shape index (κ3) is 17.4. The van der Waals surface area contributed by atoms with E-state index in [1.54, 1.807) is 43.2 Å². The molecule has 0 unspecified atom stereocenters. The molecule has 0 bridgehead atoms. The van der Waals surface area contributed by atoms with Gasteiger partial charge in [-0.3, -0.25) is 19.2 Å². The molecule has 200 valence electrons. The molecule has 0 aromatic carbocycles. The van der Waals surface area contributed by atoms with Crippen LogP contribution < -0.4 is 16.0 Å². The lowest BCUT2D eigenvalue weighted by atomic mass is 10.2. The van der Waals surface area contributed by atoms with E-state index in [4.69, 9.17) is 18.9 Å². The minimum absolute atomic E-state index is 0.0305. The van der Waals surface area contributed by atoms with E-state index in [-0.39, 0.29) is 39.1 Å². The van der Waals surface area contributed by atoms with Crippen LogP contribution in [0.4, 0.5) is 0 Å². The maximum absolute atomic E-state index is 11.8. The van der Waals surface area contributed by atoms with E-state index in [0.717, 1.165) is 6.42 Å². The number of Topliss-reactive ketones (excluding diaryl/α,β-unsaturated/α-hetero) is 1. The topological polar surface area (TPSA) is 141 Å². The predicted octanol–water partition coefficient (Wildman–Crippen LogP) is 0.583. The van der Waals surface area contributed by atoms with Crippen LogP contribution in [0.2, 0.25) is 0 Å². The maximum Gasteiger partial charge on any atom is 0.245 e. The van der Waals surface area contributed by atoms with Crippen molar-refractivity contribution in [3.63, 3.8) is 0 Å². The van der Waals surface area contributed by atoms with Gasteiger partial charge in [0.15, 0.2) is 5.78 Å². The third-order valence-electron chi connectivity index (χ3n) is 4.32. The summed E-state index contributed by atoms with van der Waals surface area (Å²) in [6.45, 7) is 4.28. The van der Waals surface area contributed by atoms with Crippen molar-refractivity contribution in [2.45, 2.75) is 28.4 Å². The summed E-state index contributed by atoms with van der Waals surface area (Å²) in [7, 11) is 6.31. The van der Waals surface area contributed by atoms with Gasteiger partial charge in [-0.2, -0.15) is 0 Å². The summed E-state index contributed by atoms with van der Waals surface area (Å²) in [5.74, 6) is -0.444. The molecule has 0 saturated carbocycles. The van der Waals surface area contributed by atoms with Gasteiger partial charge in [0.1, 0.15) is 15.6 Å². The molecule has 0 spiro atoms. The van der Waals surface area contributed by atoms with Gasteiger partial charge in [-0.05, 0) is 6.42 Å². The molecule has 0 aromatic rings. The van der Waals surface area contributed by atoms with Crippen LogP contribution in [0.5, 0.6) is 0 Å². The molecule has 2 fully saturated rings. The van der Waals surface area contributed by atoms with Crippen LogP contribution >= 0.6 is 43.2 Å². The molecule has 0 aromatic heterocycles. The van der Waals surface area contributed by atoms with Gasteiger partial charge in [-0.25, -0.2) is 0 Å². The molecule has 0 aliphatic carbocycles. The van der Waals surface area contributed by atoms with E-state index >= 15 is 0 Å². The Morgan fingerprint density at radius 1 is 0.571 bits per heavy atom. The highest BCUT2D eigenvalue weighted by atomic mass is 33.2. The molecular formula is C20H33N3O8S4. The highest BCUT2D eigenvalue weighted by molar-refractivity contribution is 8.93. The Kier molecular flexibility index (Phi) is 17.0. The third-order valence-corrected chi connectivity index (χ3v) is 8.35. The number of hydrogen-bond donors (Lipinski definition) is 3. The van der Waals surface area contributed by atoms with Crippen molar-refractivity contribution in [2.24, 2.45) is 0 Å². The molecule has 0 atom stereocenters. The van der Waals surface area contributed by atoms with Crippen LogP contribution in [0.25, 0.3) is 0 Å². The SMILES string of the molecule is O=C(CC(=O)NCCOCCOCCNC(=O)C1SS1)NCCOCCOCCCC(=O)C1SS1. The number of carbonyl (C=O) groups excluding carboxylic acids is 4. The molecule has 2 heterocycles. The summed E-state index contributed by atoms with van der Waals surface area (Å²) >= 11 is 0. The van der Waals surface area contributed by atoms with Gasteiger partial charge in [-0.15, -0.1) is 0 Å². The van der Waals surface area contributed by atoms with Crippen LogP contribution in [0.1, 0.15) is 19.3 Å². The van der Waals surface area contributed by atoms with E-state index in [9.17, 15) is 19.2 Å².